The SMILES string of the molecule is CCNC(=NCc1cccc(C)c1)N1CCN(C(=O)c2ccco2)CC1.I. The van der Waals surface area contributed by atoms with E-state index in [2.05, 4.69) is 48.3 Å². The number of aliphatic imine (C=N–C) groups is 1. The van der Waals surface area contributed by atoms with Gasteiger partial charge in [-0.15, -0.1) is 24.0 Å². The highest BCUT2D eigenvalue weighted by Crippen LogP contribution is 2.10. The van der Waals surface area contributed by atoms with Gasteiger partial charge in [-0.1, -0.05) is 29.8 Å². The fraction of sp³-hybridized carbons (Fsp3) is 0.400. The molecule has 1 amide bonds. The van der Waals surface area contributed by atoms with Gasteiger partial charge in [-0.3, -0.25) is 4.79 Å². The molecule has 1 aromatic carbocycles. The summed E-state index contributed by atoms with van der Waals surface area (Å²) in [7, 11) is 0. The minimum absolute atomic E-state index is 0. The molecule has 3 rings (SSSR count). The number of halogens is 1. The van der Waals surface area contributed by atoms with Crippen LogP contribution in [0.2, 0.25) is 0 Å². The highest BCUT2D eigenvalue weighted by molar-refractivity contribution is 14.0. The molecule has 0 aliphatic carbocycles. The first-order chi connectivity index (χ1) is 12.7. The number of nitrogens with one attached hydrogen (secondary N) is 1. The zero-order valence-electron chi connectivity index (χ0n) is 15.9. The number of piperazine rings is 1. The highest BCUT2D eigenvalue weighted by atomic mass is 127. The Morgan fingerprint density at radius 1 is 1.15 bits per heavy atom. The van der Waals surface area contributed by atoms with Gasteiger partial charge in [0.2, 0.25) is 0 Å². The van der Waals surface area contributed by atoms with Crippen LogP contribution in [0, 0.1) is 6.92 Å². The number of nitrogens with zero attached hydrogens (tertiary/aromatic N) is 3. The number of carbonyl (C=O) groups is 1. The second-order valence-corrected chi connectivity index (χ2v) is 6.42. The lowest BCUT2D eigenvalue weighted by atomic mass is 10.1. The molecule has 2 aromatic rings. The molecule has 1 aromatic heterocycles. The lowest BCUT2D eigenvalue weighted by Crippen LogP contribution is -2.53. The van der Waals surface area contributed by atoms with Crippen molar-refractivity contribution in [3.63, 3.8) is 0 Å². The summed E-state index contributed by atoms with van der Waals surface area (Å²) in [6, 6.07) is 11.9. The van der Waals surface area contributed by atoms with Crippen LogP contribution >= 0.6 is 24.0 Å². The van der Waals surface area contributed by atoms with E-state index in [1.54, 1.807) is 12.1 Å². The maximum absolute atomic E-state index is 12.4. The molecule has 0 atom stereocenters. The van der Waals surface area contributed by atoms with Gasteiger partial charge in [0.25, 0.3) is 5.91 Å². The minimum Gasteiger partial charge on any atom is -0.459 e. The van der Waals surface area contributed by atoms with Crippen LogP contribution in [0.4, 0.5) is 0 Å². The molecule has 6 nitrogen and oxygen atoms in total. The lowest BCUT2D eigenvalue weighted by Gasteiger charge is -2.36. The lowest BCUT2D eigenvalue weighted by molar-refractivity contribution is 0.0657. The number of amides is 1. The van der Waals surface area contributed by atoms with Gasteiger partial charge in [-0.25, -0.2) is 4.99 Å². The molecule has 2 heterocycles. The van der Waals surface area contributed by atoms with Crippen molar-refractivity contribution in [3.8, 4) is 0 Å². The van der Waals surface area contributed by atoms with Gasteiger partial charge < -0.3 is 19.5 Å². The van der Waals surface area contributed by atoms with Crippen LogP contribution in [0.15, 0.2) is 52.1 Å². The molecule has 146 valence electrons. The second kappa shape index (κ2) is 10.3. The zero-order chi connectivity index (χ0) is 18.4. The van der Waals surface area contributed by atoms with E-state index < -0.39 is 0 Å². The Morgan fingerprint density at radius 3 is 2.52 bits per heavy atom. The predicted molar refractivity (Wildman–Crippen MR) is 118 cm³/mol. The molecule has 27 heavy (non-hydrogen) atoms. The van der Waals surface area contributed by atoms with Crippen LogP contribution in [-0.2, 0) is 6.54 Å². The minimum atomic E-state index is -0.0450. The summed E-state index contributed by atoms with van der Waals surface area (Å²) in [4.78, 5) is 21.2. The van der Waals surface area contributed by atoms with E-state index in [9.17, 15) is 4.79 Å². The maximum atomic E-state index is 12.4. The van der Waals surface area contributed by atoms with Crippen molar-refractivity contribution in [2.45, 2.75) is 20.4 Å². The van der Waals surface area contributed by atoms with Gasteiger partial charge in [0.05, 0.1) is 12.8 Å². The number of benzene rings is 1. The fourth-order valence-electron chi connectivity index (χ4n) is 3.08. The Bertz CT molecular complexity index is 753. The maximum Gasteiger partial charge on any atom is 0.289 e. The number of furan rings is 1. The fourth-order valence-corrected chi connectivity index (χ4v) is 3.08. The van der Waals surface area contributed by atoms with E-state index in [0.29, 0.717) is 25.4 Å². The first kappa shape index (κ1) is 21.3. The molecular formula is C20H27IN4O2. The van der Waals surface area contributed by atoms with Crippen molar-refractivity contribution < 1.29 is 9.21 Å². The van der Waals surface area contributed by atoms with Crippen molar-refractivity contribution in [2.75, 3.05) is 32.7 Å². The molecule has 7 heteroatoms. The van der Waals surface area contributed by atoms with Crippen LogP contribution < -0.4 is 5.32 Å². The third-order valence-corrected chi connectivity index (χ3v) is 4.43. The first-order valence-electron chi connectivity index (χ1n) is 9.09. The van der Waals surface area contributed by atoms with E-state index in [-0.39, 0.29) is 29.9 Å². The largest absolute Gasteiger partial charge is 0.459 e. The number of hydrogen-bond acceptors (Lipinski definition) is 3. The number of rotatable bonds is 4. The van der Waals surface area contributed by atoms with E-state index in [1.807, 2.05) is 4.90 Å². The van der Waals surface area contributed by atoms with Crippen molar-refractivity contribution >= 4 is 35.8 Å². The normalized spacial score (nSPS) is 14.7. The average Bonchev–Trinajstić information content (AvgIpc) is 3.19. The van der Waals surface area contributed by atoms with Gasteiger partial charge in [0, 0.05) is 32.7 Å². The summed E-state index contributed by atoms with van der Waals surface area (Å²) in [5, 5.41) is 3.36. The second-order valence-electron chi connectivity index (χ2n) is 6.42. The van der Waals surface area contributed by atoms with E-state index in [1.165, 1.54) is 17.4 Å². The van der Waals surface area contributed by atoms with Crippen LogP contribution in [-0.4, -0.2) is 54.4 Å². The summed E-state index contributed by atoms with van der Waals surface area (Å²) in [6.45, 7) is 8.46. The summed E-state index contributed by atoms with van der Waals surface area (Å²) >= 11 is 0. The van der Waals surface area contributed by atoms with Crippen molar-refractivity contribution in [1.82, 2.24) is 15.1 Å². The third-order valence-electron chi connectivity index (χ3n) is 4.43. The van der Waals surface area contributed by atoms with Crippen molar-refractivity contribution in [1.29, 1.82) is 0 Å². The average molecular weight is 482 g/mol. The van der Waals surface area contributed by atoms with Crippen LogP contribution in [0.5, 0.6) is 0 Å². The van der Waals surface area contributed by atoms with Gasteiger partial charge in [-0.05, 0) is 31.5 Å². The Kier molecular flexibility index (Phi) is 8.15. The van der Waals surface area contributed by atoms with E-state index in [4.69, 9.17) is 9.41 Å². The monoisotopic (exact) mass is 482 g/mol. The van der Waals surface area contributed by atoms with Gasteiger partial charge >= 0.3 is 0 Å². The number of guanidine groups is 1. The molecule has 0 spiro atoms. The molecule has 1 saturated heterocycles. The third kappa shape index (κ3) is 5.72. The van der Waals surface area contributed by atoms with E-state index in [0.717, 1.165) is 25.6 Å². The quantitative estimate of drug-likeness (QED) is 0.414. The number of hydrogen-bond donors (Lipinski definition) is 1. The summed E-state index contributed by atoms with van der Waals surface area (Å²) in [6.07, 6.45) is 1.53. The first-order valence-corrected chi connectivity index (χ1v) is 9.09. The topological polar surface area (TPSA) is 61.1 Å². The van der Waals surface area contributed by atoms with Gasteiger partial charge in [0.15, 0.2) is 11.7 Å². The van der Waals surface area contributed by atoms with Crippen LogP contribution in [0.3, 0.4) is 0 Å². The molecule has 1 N–H and O–H groups in total. The van der Waals surface area contributed by atoms with Gasteiger partial charge in [-0.2, -0.15) is 0 Å². The molecule has 0 radical (unpaired) electrons. The molecule has 0 unspecified atom stereocenters. The summed E-state index contributed by atoms with van der Waals surface area (Å²) in [5.41, 5.74) is 2.44. The Labute approximate surface area is 177 Å². The molecule has 0 bridgehead atoms. The smallest absolute Gasteiger partial charge is 0.289 e. The standard InChI is InChI=1S/C20H26N4O2.HI/c1-3-21-20(22-15-17-7-4-6-16(2)14-17)24-11-9-23(10-12-24)19(25)18-8-5-13-26-18;/h4-8,13-14H,3,9-12,15H2,1-2H3,(H,21,22);1H. The molecule has 1 aliphatic rings. The highest BCUT2D eigenvalue weighted by Gasteiger charge is 2.25. The predicted octanol–water partition coefficient (Wildman–Crippen LogP) is 3.13. The zero-order valence-corrected chi connectivity index (χ0v) is 18.2. The molecule has 1 fully saturated rings. The van der Waals surface area contributed by atoms with Crippen molar-refractivity contribution in [2.24, 2.45) is 4.99 Å². The Balaban J connectivity index is 0.00000261. The van der Waals surface area contributed by atoms with Gasteiger partial charge in [0.1, 0.15) is 0 Å². The van der Waals surface area contributed by atoms with Crippen LogP contribution in [0.25, 0.3) is 0 Å². The Hall–Kier alpha value is -2.03. The number of aryl methyl sites for hydroxylation is 1. The van der Waals surface area contributed by atoms with Crippen molar-refractivity contribution in [3.05, 3.63) is 59.5 Å². The number of carbonyl (C=O) groups excluding carboxylic acids is 1. The Morgan fingerprint density at radius 2 is 1.89 bits per heavy atom. The summed E-state index contributed by atoms with van der Waals surface area (Å²) in [5.74, 6) is 1.26. The van der Waals surface area contributed by atoms with Crippen LogP contribution in [0.1, 0.15) is 28.6 Å². The molecule has 1 aliphatic heterocycles. The molecule has 0 saturated carbocycles. The summed E-state index contributed by atoms with van der Waals surface area (Å²) < 4.78 is 5.22. The molecular weight excluding hydrogens is 455 g/mol. The van der Waals surface area contributed by atoms with E-state index >= 15 is 0 Å².